The van der Waals surface area contributed by atoms with Gasteiger partial charge in [0.15, 0.2) is 5.96 Å². The number of guanidine groups is 1. The molecule has 1 aliphatic rings. The first kappa shape index (κ1) is 12.0. The Morgan fingerprint density at radius 2 is 2.21 bits per heavy atom. The van der Waals surface area contributed by atoms with E-state index in [1.54, 1.807) is 0 Å². The largest absolute Gasteiger partial charge is 0.352 e. The molecule has 1 aromatic heterocycles. The summed E-state index contributed by atoms with van der Waals surface area (Å²) in [7, 11) is 4.05. The predicted octanol–water partition coefficient (Wildman–Crippen LogP) is 1.35. The molecule has 5 heteroatoms. The summed E-state index contributed by atoms with van der Waals surface area (Å²) in [5.74, 6) is 0.997. The fraction of sp³-hybridized carbons (Fsp3) is 0.429. The lowest BCUT2D eigenvalue weighted by Gasteiger charge is -2.25. The lowest BCUT2D eigenvalue weighted by Crippen LogP contribution is -2.41. The highest BCUT2D eigenvalue weighted by molar-refractivity contribution is 5.81. The Kier molecular flexibility index (Phi) is 3.11. The maximum absolute atomic E-state index is 4.51. The van der Waals surface area contributed by atoms with E-state index in [2.05, 4.69) is 45.6 Å². The number of hydrogen-bond acceptors (Lipinski definition) is 4. The van der Waals surface area contributed by atoms with Crippen molar-refractivity contribution in [2.75, 3.05) is 20.1 Å². The molecule has 100 valence electrons. The van der Waals surface area contributed by atoms with Crippen LogP contribution in [0.25, 0.3) is 10.9 Å². The third kappa shape index (κ3) is 2.41. The summed E-state index contributed by atoms with van der Waals surface area (Å²) in [5, 5.41) is 8.85. The zero-order valence-electron chi connectivity index (χ0n) is 11.4. The fourth-order valence-electron chi connectivity index (χ4n) is 2.39. The first-order valence-corrected chi connectivity index (χ1v) is 6.64. The van der Waals surface area contributed by atoms with Crippen LogP contribution < -0.4 is 5.32 Å². The standard InChI is InChI=1S/C14H19N5/c1-18-7-3-6-15-14(18)16-9-11-4-5-12-10-17-19(2)13(12)8-11/h4-5,8,10H,3,6-7,9H2,1-2H3,(H,15,16). The molecule has 0 aliphatic carbocycles. The topological polar surface area (TPSA) is 45.4 Å². The SMILES string of the molecule is CN1CCCN=C1NCc1ccc2cnn(C)c2c1. The van der Waals surface area contributed by atoms with Gasteiger partial charge in [-0.3, -0.25) is 9.67 Å². The van der Waals surface area contributed by atoms with Gasteiger partial charge in [0.2, 0.25) is 0 Å². The summed E-state index contributed by atoms with van der Waals surface area (Å²) >= 11 is 0. The molecular formula is C14H19N5. The van der Waals surface area contributed by atoms with Gasteiger partial charge in [0.25, 0.3) is 0 Å². The van der Waals surface area contributed by atoms with Crippen molar-refractivity contribution in [3.8, 4) is 0 Å². The van der Waals surface area contributed by atoms with E-state index in [1.807, 2.05) is 17.9 Å². The Balaban J connectivity index is 1.74. The lowest BCUT2D eigenvalue weighted by atomic mass is 10.1. The summed E-state index contributed by atoms with van der Waals surface area (Å²) in [4.78, 5) is 6.68. The number of aromatic nitrogens is 2. The van der Waals surface area contributed by atoms with E-state index in [9.17, 15) is 0 Å². The number of fused-ring (bicyclic) bond motifs is 1. The second-order valence-electron chi connectivity index (χ2n) is 5.00. The van der Waals surface area contributed by atoms with Gasteiger partial charge in [-0.05, 0) is 18.1 Å². The molecule has 3 rings (SSSR count). The predicted molar refractivity (Wildman–Crippen MR) is 77.1 cm³/mol. The van der Waals surface area contributed by atoms with Crippen LogP contribution in [0.1, 0.15) is 12.0 Å². The molecule has 0 bridgehead atoms. The Morgan fingerprint density at radius 3 is 3.05 bits per heavy atom. The van der Waals surface area contributed by atoms with Gasteiger partial charge >= 0.3 is 0 Å². The summed E-state index contributed by atoms with van der Waals surface area (Å²) in [6, 6.07) is 6.44. The lowest BCUT2D eigenvalue weighted by molar-refractivity contribution is 0.446. The average Bonchev–Trinajstić information content (AvgIpc) is 2.79. The van der Waals surface area contributed by atoms with E-state index in [4.69, 9.17) is 0 Å². The molecule has 0 atom stereocenters. The minimum Gasteiger partial charge on any atom is -0.352 e. The normalized spacial score (nSPS) is 15.7. The molecule has 0 saturated heterocycles. The van der Waals surface area contributed by atoms with E-state index in [0.29, 0.717) is 0 Å². The first-order valence-electron chi connectivity index (χ1n) is 6.64. The van der Waals surface area contributed by atoms with Crippen molar-refractivity contribution in [1.82, 2.24) is 20.0 Å². The Hall–Kier alpha value is -2.04. The quantitative estimate of drug-likeness (QED) is 0.883. The van der Waals surface area contributed by atoms with Crippen molar-refractivity contribution >= 4 is 16.9 Å². The molecule has 0 radical (unpaired) electrons. The molecule has 1 aromatic carbocycles. The van der Waals surface area contributed by atoms with Crippen LogP contribution in [-0.2, 0) is 13.6 Å². The summed E-state index contributed by atoms with van der Waals surface area (Å²) < 4.78 is 1.91. The number of aliphatic imine (C=N–C) groups is 1. The van der Waals surface area contributed by atoms with Crippen molar-refractivity contribution in [2.45, 2.75) is 13.0 Å². The van der Waals surface area contributed by atoms with Crippen LogP contribution in [0.5, 0.6) is 0 Å². The van der Waals surface area contributed by atoms with Gasteiger partial charge in [-0.25, -0.2) is 0 Å². The van der Waals surface area contributed by atoms with Crippen molar-refractivity contribution < 1.29 is 0 Å². The smallest absolute Gasteiger partial charge is 0.193 e. The van der Waals surface area contributed by atoms with Gasteiger partial charge in [-0.15, -0.1) is 0 Å². The second kappa shape index (κ2) is 4.91. The van der Waals surface area contributed by atoms with Gasteiger partial charge in [0, 0.05) is 39.1 Å². The maximum atomic E-state index is 4.51. The van der Waals surface area contributed by atoms with Crippen LogP contribution in [0.15, 0.2) is 29.4 Å². The Morgan fingerprint density at radius 1 is 1.32 bits per heavy atom. The first-order chi connectivity index (χ1) is 9.24. The summed E-state index contributed by atoms with van der Waals surface area (Å²) in [5.41, 5.74) is 2.41. The monoisotopic (exact) mass is 257 g/mol. The molecule has 2 aromatic rings. The Labute approximate surface area is 112 Å². The molecule has 0 saturated carbocycles. The highest BCUT2D eigenvalue weighted by Crippen LogP contribution is 2.14. The molecule has 19 heavy (non-hydrogen) atoms. The molecular weight excluding hydrogens is 238 g/mol. The Bertz CT molecular complexity index is 613. The van der Waals surface area contributed by atoms with Crippen LogP contribution in [-0.4, -0.2) is 40.8 Å². The highest BCUT2D eigenvalue weighted by Gasteiger charge is 2.10. The van der Waals surface area contributed by atoms with Crippen molar-refractivity contribution in [3.05, 3.63) is 30.0 Å². The molecule has 0 unspecified atom stereocenters. The van der Waals surface area contributed by atoms with Crippen molar-refractivity contribution in [3.63, 3.8) is 0 Å². The fourth-order valence-corrected chi connectivity index (χ4v) is 2.39. The molecule has 1 aliphatic heterocycles. The number of hydrogen-bond donors (Lipinski definition) is 1. The molecule has 5 nitrogen and oxygen atoms in total. The zero-order valence-corrected chi connectivity index (χ0v) is 11.4. The highest BCUT2D eigenvalue weighted by atomic mass is 15.3. The number of aryl methyl sites for hydroxylation is 1. The van der Waals surface area contributed by atoms with Crippen LogP contribution >= 0.6 is 0 Å². The maximum Gasteiger partial charge on any atom is 0.193 e. The number of nitrogens with one attached hydrogen (secondary N) is 1. The molecule has 0 spiro atoms. The van der Waals surface area contributed by atoms with E-state index < -0.39 is 0 Å². The van der Waals surface area contributed by atoms with E-state index in [0.717, 1.165) is 32.0 Å². The van der Waals surface area contributed by atoms with Gasteiger partial charge in [-0.2, -0.15) is 5.10 Å². The van der Waals surface area contributed by atoms with Crippen molar-refractivity contribution in [2.24, 2.45) is 12.0 Å². The third-order valence-corrected chi connectivity index (χ3v) is 3.54. The molecule has 0 fully saturated rings. The van der Waals surface area contributed by atoms with E-state index in [-0.39, 0.29) is 0 Å². The van der Waals surface area contributed by atoms with Gasteiger partial charge in [-0.1, -0.05) is 12.1 Å². The van der Waals surface area contributed by atoms with Crippen LogP contribution in [0.3, 0.4) is 0 Å². The second-order valence-corrected chi connectivity index (χ2v) is 5.00. The van der Waals surface area contributed by atoms with Crippen LogP contribution in [0, 0.1) is 0 Å². The summed E-state index contributed by atoms with van der Waals surface area (Å²) in [6.07, 6.45) is 3.04. The van der Waals surface area contributed by atoms with E-state index >= 15 is 0 Å². The van der Waals surface area contributed by atoms with Crippen LogP contribution in [0.4, 0.5) is 0 Å². The van der Waals surface area contributed by atoms with Gasteiger partial charge in [0.1, 0.15) is 0 Å². The molecule has 1 N–H and O–H groups in total. The number of rotatable bonds is 2. The minimum atomic E-state index is 0.796. The minimum absolute atomic E-state index is 0.796. The van der Waals surface area contributed by atoms with Crippen molar-refractivity contribution in [1.29, 1.82) is 0 Å². The molecule has 0 amide bonds. The third-order valence-electron chi connectivity index (χ3n) is 3.54. The van der Waals surface area contributed by atoms with E-state index in [1.165, 1.54) is 16.5 Å². The van der Waals surface area contributed by atoms with Gasteiger partial charge < -0.3 is 10.2 Å². The van der Waals surface area contributed by atoms with Gasteiger partial charge in [0.05, 0.1) is 11.7 Å². The average molecular weight is 257 g/mol. The molecule has 2 heterocycles. The number of nitrogens with zero attached hydrogens (tertiary/aromatic N) is 4. The summed E-state index contributed by atoms with van der Waals surface area (Å²) in [6.45, 7) is 2.80. The van der Waals surface area contributed by atoms with Crippen LogP contribution in [0.2, 0.25) is 0 Å². The zero-order chi connectivity index (χ0) is 13.2. The number of benzene rings is 1.